The molecule has 2 amide bonds. The summed E-state index contributed by atoms with van der Waals surface area (Å²) in [5, 5.41) is 19.8. The number of carbonyl (C=O) groups excluding carboxylic acids is 1. The van der Waals surface area contributed by atoms with Crippen molar-refractivity contribution in [2.45, 2.75) is 63.3 Å². The molecule has 0 spiro atoms. The van der Waals surface area contributed by atoms with Crippen molar-refractivity contribution in [3.05, 3.63) is 34.3 Å². The van der Waals surface area contributed by atoms with Crippen LogP contribution in [0.2, 0.25) is 0 Å². The zero-order chi connectivity index (χ0) is 22.1. The number of rotatable bonds is 5. The Morgan fingerprint density at radius 2 is 1.97 bits per heavy atom. The molecule has 8 nitrogen and oxygen atoms in total. The molecule has 2 heterocycles. The third-order valence-corrected chi connectivity index (χ3v) is 6.70. The molecule has 29 heavy (non-hydrogen) atoms. The Kier molecular flexibility index (Phi) is 6.78. The molecule has 11 heteroatoms. The molecule has 0 unspecified atom stereocenters. The average molecular weight is 444 g/mol. The molecule has 0 bridgehead atoms. The van der Waals surface area contributed by atoms with Gasteiger partial charge in [0.05, 0.1) is 23.3 Å². The first-order chi connectivity index (χ1) is 13.2. The van der Waals surface area contributed by atoms with Crippen LogP contribution in [0.4, 0.5) is 14.9 Å². The normalized spacial score (nSPS) is 14.2. The summed E-state index contributed by atoms with van der Waals surface area (Å²) in [6.07, 6.45) is 1.12. The van der Waals surface area contributed by atoms with Gasteiger partial charge in [-0.25, -0.2) is 23.5 Å². The van der Waals surface area contributed by atoms with E-state index in [-0.39, 0.29) is 33.1 Å². The van der Waals surface area contributed by atoms with Gasteiger partial charge in [0.15, 0.2) is 9.92 Å². The topological polar surface area (TPSA) is 131 Å². The molecular formula is C18H26FN5O3S2. The van der Waals surface area contributed by atoms with Gasteiger partial charge in [0.1, 0.15) is 11.4 Å². The molecule has 2 aromatic rings. The smallest absolute Gasteiger partial charge is 0.355 e. The van der Waals surface area contributed by atoms with Crippen LogP contribution in [0.1, 0.15) is 70.3 Å². The summed E-state index contributed by atoms with van der Waals surface area (Å²) in [5.74, 6) is -0.886. The van der Waals surface area contributed by atoms with E-state index in [1.54, 1.807) is 13.8 Å². The number of halogens is 1. The number of aromatic nitrogens is 2. The number of aliphatic hydroxyl groups is 1. The number of pyridine rings is 1. The first kappa shape index (κ1) is 23.3. The predicted molar refractivity (Wildman–Crippen MR) is 112 cm³/mol. The molecule has 0 aromatic carbocycles. The van der Waals surface area contributed by atoms with E-state index in [2.05, 4.69) is 19.6 Å². The lowest BCUT2D eigenvalue weighted by atomic mass is 9.96. The number of thiazole rings is 1. The molecule has 0 saturated heterocycles. The van der Waals surface area contributed by atoms with E-state index in [1.807, 2.05) is 13.8 Å². The van der Waals surface area contributed by atoms with E-state index >= 15 is 0 Å². The Bertz CT molecular complexity index is 1030. The van der Waals surface area contributed by atoms with E-state index in [0.29, 0.717) is 5.69 Å². The maximum Gasteiger partial charge on any atom is 0.355 e. The van der Waals surface area contributed by atoms with Gasteiger partial charge in [-0.05, 0) is 25.7 Å². The minimum Gasteiger partial charge on any atom is -0.384 e. The summed E-state index contributed by atoms with van der Waals surface area (Å²) >= 11 is 0.933. The number of nitrogens with two attached hydrogens (primary N) is 1. The van der Waals surface area contributed by atoms with Gasteiger partial charge in [0.2, 0.25) is 4.34 Å². The van der Waals surface area contributed by atoms with Gasteiger partial charge >= 0.3 is 6.03 Å². The summed E-state index contributed by atoms with van der Waals surface area (Å²) in [7, 11) is -3.65. The second-order valence-electron chi connectivity index (χ2n) is 7.74. The van der Waals surface area contributed by atoms with Gasteiger partial charge < -0.3 is 10.4 Å². The Hall–Kier alpha value is -1.95. The highest BCUT2D eigenvalue weighted by Crippen LogP contribution is 2.33. The van der Waals surface area contributed by atoms with Crippen molar-refractivity contribution in [2.24, 2.45) is 9.50 Å². The second kappa shape index (κ2) is 8.42. The minimum absolute atomic E-state index is 0.0877. The molecule has 4 N–H and O–H groups in total. The van der Waals surface area contributed by atoms with Gasteiger partial charge in [-0.15, -0.1) is 15.7 Å². The second-order valence-corrected chi connectivity index (χ2v) is 10.6. The average Bonchev–Trinajstić information content (AvgIpc) is 3.04. The molecule has 0 aliphatic heterocycles. The van der Waals surface area contributed by atoms with Crippen LogP contribution in [0, 0.1) is 5.82 Å². The molecule has 2 rings (SSSR count). The quantitative estimate of drug-likeness (QED) is 0.641. The van der Waals surface area contributed by atoms with E-state index in [4.69, 9.17) is 5.14 Å². The van der Waals surface area contributed by atoms with Crippen LogP contribution >= 0.6 is 11.3 Å². The number of amides is 2. The maximum atomic E-state index is 14.4. The van der Waals surface area contributed by atoms with Gasteiger partial charge in [-0.2, -0.15) is 0 Å². The van der Waals surface area contributed by atoms with Crippen LogP contribution in [0.25, 0.3) is 0 Å². The SMILES string of the molecule is CC(C)c1ncc(F)c(C(C)C)c1NC(=O)N=[S@](N)(=O)c1nc(C(C)(C)O)cs1. The summed E-state index contributed by atoms with van der Waals surface area (Å²) in [6.45, 7) is 10.3. The van der Waals surface area contributed by atoms with Crippen molar-refractivity contribution < 1.29 is 18.5 Å². The van der Waals surface area contributed by atoms with Crippen LogP contribution < -0.4 is 10.5 Å². The monoisotopic (exact) mass is 443 g/mol. The summed E-state index contributed by atoms with van der Waals surface area (Å²) < 4.78 is 30.6. The van der Waals surface area contributed by atoms with Gasteiger partial charge in [0, 0.05) is 10.9 Å². The van der Waals surface area contributed by atoms with Gasteiger partial charge in [-0.1, -0.05) is 27.7 Å². The molecule has 1 atom stereocenters. The fraction of sp³-hybridized carbons (Fsp3) is 0.500. The maximum absolute atomic E-state index is 14.4. The van der Waals surface area contributed by atoms with Gasteiger partial charge in [-0.3, -0.25) is 4.98 Å². The highest BCUT2D eigenvalue weighted by atomic mass is 32.2. The number of urea groups is 1. The van der Waals surface area contributed by atoms with Crippen LogP contribution in [0.5, 0.6) is 0 Å². The van der Waals surface area contributed by atoms with E-state index < -0.39 is 27.4 Å². The standard InChI is InChI=1S/C18H26FN5O3S2/c1-9(2)13-11(19)7-21-14(10(3)4)15(13)23-16(25)24-29(20,27)17-22-12(8-28-17)18(5,6)26/h7-10,26H,1-6H3,(H3,20,23,24,25,27)/t29-/m0/s1. The third kappa shape index (κ3) is 5.35. The van der Waals surface area contributed by atoms with E-state index in [9.17, 15) is 18.5 Å². The van der Waals surface area contributed by atoms with Crippen LogP contribution in [0.3, 0.4) is 0 Å². The van der Waals surface area contributed by atoms with Crippen LogP contribution in [-0.2, 0) is 15.5 Å². The molecule has 2 aromatic heterocycles. The Balaban J connectivity index is 2.46. The predicted octanol–water partition coefficient (Wildman–Crippen LogP) is 4.08. The fourth-order valence-electron chi connectivity index (χ4n) is 2.62. The number of hydrogen-bond acceptors (Lipinski definition) is 6. The number of hydrogen-bond donors (Lipinski definition) is 3. The number of carbonyl (C=O) groups is 1. The zero-order valence-electron chi connectivity index (χ0n) is 17.2. The van der Waals surface area contributed by atoms with Crippen molar-refractivity contribution in [3.8, 4) is 0 Å². The Morgan fingerprint density at radius 1 is 1.34 bits per heavy atom. The summed E-state index contributed by atoms with van der Waals surface area (Å²) in [5.41, 5.74) is -0.00639. The van der Waals surface area contributed by atoms with Gasteiger partial charge in [0.25, 0.3) is 0 Å². The lowest BCUT2D eigenvalue weighted by Gasteiger charge is -2.19. The highest BCUT2D eigenvalue weighted by Gasteiger charge is 2.25. The minimum atomic E-state index is -3.65. The zero-order valence-corrected chi connectivity index (χ0v) is 18.8. The molecule has 0 radical (unpaired) electrons. The molecule has 160 valence electrons. The van der Waals surface area contributed by atoms with E-state index in [0.717, 1.165) is 17.5 Å². The first-order valence-electron chi connectivity index (χ1n) is 8.96. The molecule has 0 saturated carbocycles. The van der Waals surface area contributed by atoms with Crippen LogP contribution in [0.15, 0.2) is 20.3 Å². The lowest BCUT2D eigenvalue weighted by Crippen LogP contribution is -2.21. The fourth-order valence-corrected chi connectivity index (χ4v) is 4.73. The first-order valence-corrected chi connectivity index (χ1v) is 11.4. The molecule has 0 aliphatic rings. The summed E-state index contributed by atoms with van der Waals surface area (Å²) in [4.78, 5) is 20.6. The van der Waals surface area contributed by atoms with Crippen molar-refractivity contribution in [2.75, 3.05) is 5.32 Å². The van der Waals surface area contributed by atoms with Crippen molar-refractivity contribution >= 4 is 33.0 Å². The highest BCUT2D eigenvalue weighted by molar-refractivity contribution is 7.93. The third-order valence-electron chi connectivity index (χ3n) is 4.03. The number of nitrogens with zero attached hydrogens (tertiary/aromatic N) is 3. The Morgan fingerprint density at radius 3 is 2.45 bits per heavy atom. The Labute approximate surface area is 174 Å². The number of nitrogens with one attached hydrogen (secondary N) is 1. The molecular weight excluding hydrogens is 417 g/mol. The van der Waals surface area contributed by atoms with Crippen molar-refractivity contribution in [3.63, 3.8) is 0 Å². The van der Waals surface area contributed by atoms with Crippen molar-refractivity contribution in [1.82, 2.24) is 9.97 Å². The lowest BCUT2D eigenvalue weighted by molar-refractivity contribution is 0.0741. The number of anilines is 1. The van der Waals surface area contributed by atoms with E-state index in [1.165, 1.54) is 19.2 Å². The molecule has 0 fully saturated rings. The summed E-state index contributed by atoms with van der Waals surface area (Å²) in [6, 6.07) is -0.992. The van der Waals surface area contributed by atoms with Crippen molar-refractivity contribution in [1.29, 1.82) is 0 Å². The van der Waals surface area contributed by atoms with Crippen LogP contribution in [-0.4, -0.2) is 25.3 Å². The molecule has 0 aliphatic carbocycles. The largest absolute Gasteiger partial charge is 0.384 e.